The summed E-state index contributed by atoms with van der Waals surface area (Å²) in [4.78, 5) is 0. The van der Waals surface area contributed by atoms with E-state index in [0.717, 1.165) is 18.8 Å². The number of halogens is 1. The summed E-state index contributed by atoms with van der Waals surface area (Å²) >= 11 is 6.01. The third-order valence-electron chi connectivity index (χ3n) is 2.71. The van der Waals surface area contributed by atoms with Crippen LogP contribution in [0.25, 0.3) is 0 Å². The molecule has 0 saturated carbocycles. The fraction of sp³-hybridized carbons (Fsp3) is 0.571. The van der Waals surface area contributed by atoms with Gasteiger partial charge in [0.1, 0.15) is 5.75 Å². The van der Waals surface area contributed by atoms with Gasteiger partial charge in [0.25, 0.3) is 0 Å². The van der Waals surface area contributed by atoms with Crippen molar-refractivity contribution >= 4 is 17.3 Å². The molecule has 0 aromatic heterocycles. The molecule has 3 heteroatoms. The monoisotopic (exact) mass is 255 g/mol. The molecule has 0 fully saturated rings. The highest BCUT2D eigenvalue weighted by atomic mass is 35.5. The molecule has 2 nitrogen and oxygen atoms in total. The summed E-state index contributed by atoms with van der Waals surface area (Å²) in [5, 5.41) is 0.594. The zero-order valence-electron chi connectivity index (χ0n) is 10.5. The summed E-state index contributed by atoms with van der Waals surface area (Å²) in [6.45, 7) is 2.96. The highest BCUT2D eigenvalue weighted by molar-refractivity contribution is 6.32. The maximum absolute atomic E-state index is 6.01. The van der Waals surface area contributed by atoms with E-state index in [-0.39, 0.29) is 0 Å². The topological polar surface area (TPSA) is 35.2 Å². The van der Waals surface area contributed by atoms with Crippen molar-refractivity contribution in [3.63, 3.8) is 0 Å². The van der Waals surface area contributed by atoms with Gasteiger partial charge in [-0.25, -0.2) is 0 Å². The zero-order valence-corrected chi connectivity index (χ0v) is 11.3. The molecule has 0 saturated heterocycles. The van der Waals surface area contributed by atoms with E-state index in [4.69, 9.17) is 22.1 Å². The molecule has 0 radical (unpaired) electrons. The molecule has 0 amide bonds. The van der Waals surface area contributed by atoms with Crippen LogP contribution in [-0.2, 0) is 0 Å². The quantitative estimate of drug-likeness (QED) is 0.542. The Labute approximate surface area is 109 Å². The first-order chi connectivity index (χ1) is 8.24. The van der Waals surface area contributed by atoms with Crippen LogP contribution in [0.5, 0.6) is 5.75 Å². The van der Waals surface area contributed by atoms with E-state index in [1.54, 1.807) is 6.07 Å². The second kappa shape index (κ2) is 8.24. The van der Waals surface area contributed by atoms with Crippen molar-refractivity contribution < 1.29 is 4.74 Å². The van der Waals surface area contributed by atoms with Crippen molar-refractivity contribution in [2.45, 2.75) is 45.4 Å². The summed E-state index contributed by atoms with van der Waals surface area (Å²) in [5.74, 6) is 0.731. The Morgan fingerprint density at radius 2 is 1.82 bits per heavy atom. The molecular formula is C14H22ClNO. The third-order valence-corrected chi connectivity index (χ3v) is 3.01. The number of hydrogen-bond acceptors (Lipinski definition) is 2. The molecule has 17 heavy (non-hydrogen) atoms. The Kier molecular flexibility index (Phi) is 6.87. The lowest BCUT2D eigenvalue weighted by molar-refractivity contribution is 0.304. The van der Waals surface area contributed by atoms with Gasteiger partial charge in [0.15, 0.2) is 0 Å². The van der Waals surface area contributed by atoms with Crippen molar-refractivity contribution in [1.82, 2.24) is 0 Å². The van der Waals surface area contributed by atoms with Gasteiger partial charge in [0.05, 0.1) is 11.6 Å². The summed E-state index contributed by atoms with van der Waals surface area (Å²) in [7, 11) is 0. The van der Waals surface area contributed by atoms with Crippen LogP contribution in [0.2, 0.25) is 5.02 Å². The van der Waals surface area contributed by atoms with Gasteiger partial charge in [-0.3, -0.25) is 0 Å². The standard InChI is InChI=1S/C14H22ClNO/c1-2-3-4-5-6-7-10-17-14-9-8-12(16)11-13(14)15/h8-9,11H,2-7,10,16H2,1H3. The second-order valence-corrected chi connectivity index (χ2v) is 4.71. The number of hydrogen-bond donors (Lipinski definition) is 1. The number of ether oxygens (including phenoxy) is 1. The van der Waals surface area contributed by atoms with Crippen molar-refractivity contribution in [2.24, 2.45) is 0 Å². The van der Waals surface area contributed by atoms with Gasteiger partial charge in [0, 0.05) is 5.69 Å². The summed E-state index contributed by atoms with van der Waals surface area (Å²) in [6.07, 6.45) is 7.57. The van der Waals surface area contributed by atoms with E-state index in [0.29, 0.717) is 10.7 Å². The highest BCUT2D eigenvalue weighted by Crippen LogP contribution is 2.26. The van der Waals surface area contributed by atoms with E-state index in [1.165, 1.54) is 32.1 Å². The smallest absolute Gasteiger partial charge is 0.138 e. The number of rotatable bonds is 8. The second-order valence-electron chi connectivity index (χ2n) is 4.31. The molecule has 1 rings (SSSR count). The molecule has 0 aliphatic rings. The Hall–Kier alpha value is -0.890. The van der Waals surface area contributed by atoms with Gasteiger partial charge in [-0.05, 0) is 24.6 Å². The first-order valence-corrected chi connectivity index (χ1v) is 6.79. The third kappa shape index (κ3) is 5.83. The molecule has 0 bridgehead atoms. The minimum atomic E-state index is 0.594. The van der Waals surface area contributed by atoms with Crippen LogP contribution in [0.1, 0.15) is 45.4 Å². The summed E-state index contributed by atoms with van der Waals surface area (Å²) < 4.78 is 5.61. The SMILES string of the molecule is CCCCCCCCOc1ccc(N)cc1Cl. The van der Waals surface area contributed by atoms with Crippen molar-refractivity contribution in [3.05, 3.63) is 23.2 Å². The van der Waals surface area contributed by atoms with Gasteiger partial charge in [-0.2, -0.15) is 0 Å². The highest BCUT2D eigenvalue weighted by Gasteiger charge is 2.01. The van der Waals surface area contributed by atoms with Crippen LogP contribution in [0.4, 0.5) is 5.69 Å². The van der Waals surface area contributed by atoms with Crippen molar-refractivity contribution in [2.75, 3.05) is 12.3 Å². The molecule has 0 spiro atoms. The number of anilines is 1. The Bertz CT molecular complexity index is 328. The zero-order chi connectivity index (χ0) is 12.5. The largest absolute Gasteiger partial charge is 0.492 e. The van der Waals surface area contributed by atoms with Gasteiger partial charge in [0.2, 0.25) is 0 Å². The minimum absolute atomic E-state index is 0.594. The Balaban J connectivity index is 2.14. The predicted octanol–water partition coefficient (Wildman–Crippen LogP) is 4.66. The number of nitrogen functional groups attached to an aromatic ring is 1. The number of nitrogens with two attached hydrogens (primary N) is 1. The van der Waals surface area contributed by atoms with Crippen LogP contribution in [0, 0.1) is 0 Å². The lowest BCUT2D eigenvalue weighted by Crippen LogP contribution is -1.98. The van der Waals surface area contributed by atoms with Crippen LogP contribution in [0.3, 0.4) is 0 Å². The van der Waals surface area contributed by atoms with Crippen LogP contribution < -0.4 is 10.5 Å². The van der Waals surface area contributed by atoms with Crippen LogP contribution >= 0.6 is 11.6 Å². The van der Waals surface area contributed by atoms with Crippen LogP contribution in [0.15, 0.2) is 18.2 Å². The molecular weight excluding hydrogens is 234 g/mol. The first-order valence-electron chi connectivity index (χ1n) is 6.42. The fourth-order valence-electron chi connectivity index (χ4n) is 1.70. The normalized spacial score (nSPS) is 10.5. The molecule has 2 N–H and O–H groups in total. The Morgan fingerprint density at radius 3 is 2.53 bits per heavy atom. The molecule has 0 heterocycles. The Morgan fingerprint density at radius 1 is 1.12 bits per heavy atom. The van der Waals surface area contributed by atoms with Crippen LogP contribution in [-0.4, -0.2) is 6.61 Å². The van der Waals surface area contributed by atoms with E-state index in [2.05, 4.69) is 6.92 Å². The van der Waals surface area contributed by atoms with Gasteiger partial charge in [-0.15, -0.1) is 0 Å². The fourth-order valence-corrected chi connectivity index (χ4v) is 1.94. The minimum Gasteiger partial charge on any atom is -0.492 e. The maximum Gasteiger partial charge on any atom is 0.138 e. The molecule has 0 atom stereocenters. The average molecular weight is 256 g/mol. The van der Waals surface area contributed by atoms with E-state index < -0.39 is 0 Å². The first kappa shape index (κ1) is 14.2. The number of unbranched alkanes of at least 4 members (excludes halogenated alkanes) is 5. The molecule has 1 aromatic rings. The molecule has 0 aliphatic carbocycles. The molecule has 96 valence electrons. The average Bonchev–Trinajstić information content (AvgIpc) is 2.30. The maximum atomic E-state index is 6.01. The summed E-state index contributed by atoms with van der Waals surface area (Å²) in [5.41, 5.74) is 6.28. The van der Waals surface area contributed by atoms with Gasteiger partial charge < -0.3 is 10.5 Å². The molecule has 1 aromatic carbocycles. The number of benzene rings is 1. The van der Waals surface area contributed by atoms with Gasteiger partial charge >= 0.3 is 0 Å². The van der Waals surface area contributed by atoms with Crippen molar-refractivity contribution in [1.29, 1.82) is 0 Å². The predicted molar refractivity (Wildman–Crippen MR) is 74.7 cm³/mol. The van der Waals surface area contributed by atoms with Crippen molar-refractivity contribution in [3.8, 4) is 5.75 Å². The molecule has 0 unspecified atom stereocenters. The van der Waals surface area contributed by atoms with Gasteiger partial charge in [-0.1, -0.05) is 50.6 Å². The molecule has 0 aliphatic heterocycles. The van der Waals surface area contributed by atoms with E-state index in [1.807, 2.05) is 12.1 Å². The summed E-state index contributed by atoms with van der Waals surface area (Å²) in [6, 6.07) is 5.36. The lowest BCUT2D eigenvalue weighted by atomic mass is 10.1. The lowest BCUT2D eigenvalue weighted by Gasteiger charge is -2.08. The van der Waals surface area contributed by atoms with E-state index in [9.17, 15) is 0 Å². The van der Waals surface area contributed by atoms with E-state index >= 15 is 0 Å².